The molecule has 1 N–H and O–H groups in total. The van der Waals surface area contributed by atoms with Crippen LogP contribution in [0.15, 0.2) is 30.3 Å². The van der Waals surface area contributed by atoms with Gasteiger partial charge in [-0.2, -0.15) is 0 Å². The van der Waals surface area contributed by atoms with Gasteiger partial charge < -0.3 is 10.2 Å². The summed E-state index contributed by atoms with van der Waals surface area (Å²) < 4.78 is 0. The molecule has 2 aliphatic heterocycles. The Kier molecular flexibility index (Phi) is 4.71. The number of likely N-dealkylation sites (N-methyl/N-ethyl adjacent to an activating group) is 1. The van der Waals surface area contributed by atoms with Crippen LogP contribution >= 0.6 is 0 Å². The van der Waals surface area contributed by atoms with Crippen molar-refractivity contribution < 1.29 is 0 Å². The molecule has 0 saturated carbocycles. The summed E-state index contributed by atoms with van der Waals surface area (Å²) in [4.78, 5) is 5.15. The zero-order chi connectivity index (χ0) is 13.8. The Morgan fingerprint density at radius 3 is 2.80 bits per heavy atom. The van der Waals surface area contributed by atoms with Crippen molar-refractivity contribution in [3.05, 3.63) is 35.9 Å². The van der Waals surface area contributed by atoms with Gasteiger partial charge in [-0.15, -0.1) is 0 Å². The van der Waals surface area contributed by atoms with Crippen LogP contribution in [0.25, 0.3) is 0 Å². The molecule has 0 aliphatic carbocycles. The van der Waals surface area contributed by atoms with Gasteiger partial charge in [0.1, 0.15) is 0 Å². The van der Waals surface area contributed by atoms with Gasteiger partial charge in [-0.1, -0.05) is 30.3 Å². The quantitative estimate of drug-likeness (QED) is 0.906. The summed E-state index contributed by atoms with van der Waals surface area (Å²) >= 11 is 0. The van der Waals surface area contributed by atoms with Crippen LogP contribution in [0, 0.1) is 0 Å². The highest BCUT2D eigenvalue weighted by Gasteiger charge is 2.27. The summed E-state index contributed by atoms with van der Waals surface area (Å²) in [7, 11) is 2.24. The molecule has 2 atom stereocenters. The number of hydrogen-bond acceptors (Lipinski definition) is 3. The van der Waals surface area contributed by atoms with E-state index < -0.39 is 0 Å². The first kappa shape index (κ1) is 14.1. The van der Waals surface area contributed by atoms with Crippen LogP contribution in [0.3, 0.4) is 0 Å². The molecule has 3 nitrogen and oxygen atoms in total. The summed E-state index contributed by atoms with van der Waals surface area (Å²) in [5, 5.41) is 3.62. The molecule has 0 aromatic heterocycles. The zero-order valence-electron chi connectivity index (χ0n) is 12.6. The van der Waals surface area contributed by atoms with E-state index in [0.29, 0.717) is 6.04 Å². The van der Waals surface area contributed by atoms with Crippen LogP contribution in [0.4, 0.5) is 0 Å². The number of piperazine rings is 1. The molecule has 1 aromatic carbocycles. The van der Waals surface area contributed by atoms with Crippen LogP contribution in [0.1, 0.15) is 30.9 Å². The van der Waals surface area contributed by atoms with Gasteiger partial charge in [-0.3, -0.25) is 4.90 Å². The van der Waals surface area contributed by atoms with Crippen LogP contribution in [0.5, 0.6) is 0 Å². The largest absolute Gasteiger partial charge is 0.314 e. The van der Waals surface area contributed by atoms with E-state index >= 15 is 0 Å². The molecule has 2 saturated heterocycles. The van der Waals surface area contributed by atoms with Crippen LogP contribution in [0.2, 0.25) is 0 Å². The predicted octanol–water partition coefficient (Wildman–Crippen LogP) is 2.12. The Bertz CT molecular complexity index is 400. The third kappa shape index (κ3) is 3.40. The minimum atomic E-state index is 0.566. The van der Waals surface area contributed by atoms with E-state index in [0.717, 1.165) is 12.6 Å². The van der Waals surface area contributed by atoms with Crippen molar-refractivity contribution in [2.75, 3.05) is 39.8 Å². The third-order valence-electron chi connectivity index (χ3n) is 4.81. The molecule has 2 fully saturated rings. The first-order valence-electron chi connectivity index (χ1n) is 8.04. The lowest BCUT2D eigenvalue weighted by Gasteiger charge is -2.40. The Labute approximate surface area is 123 Å². The van der Waals surface area contributed by atoms with E-state index in [4.69, 9.17) is 0 Å². The van der Waals surface area contributed by atoms with Crippen LogP contribution in [-0.2, 0) is 0 Å². The third-order valence-corrected chi connectivity index (χ3v) is 4.81. The molecule has 2 aliphatic rings. The number of hydrogen-bond donors (Lipinski definition) is 1. The Hall–Kier alpha value is -0.900. The van der Waals surface area contributed by atoms with E-state index in [-0.39, 0.29) is 0 Å². The van der Waals surface area contributed by atoms with Crippen LogP contribution in [-0.4, -0.2) is 55.6 Å². The standard InChI is InChI=1S/C17H27N3/c1-19-12-13-20(11-9-16-8-5-10-18-16)17(14-19)15-6-3-2-4-7-15/h2-4,6-7,16-18H,5,8-14H2,1H3. The molecular formula is C17H27N3. The van der Waals surface area contributed by atoms with E-state index in [1.807, 2.05) is 0 Å². The molecule has 0 bridgehead atoms. The fourth-order valence-corrected chi connectivity index (χ4v) is 3.54. The Morgan fingerprint density at radius 2 is 2.05 bits per heavy atom. The summed E-state index contributed by atoms with van der Waals surface area (Å²) in [5.74, 6) is 0. The topological polar surface area (TPSA) is 18.5 Å². The molecule has 0 amide bonds. The van der Waals surface area contributed by atoms with E-state index in [2.05, 4.69) is 52.5 Å². The zero-order valence-corrected chi connectivity index (χ0v) is 12.6. The normalized spacial score (nSPS) is 28.9. The lowest BCUT2D eigenvalue weighted by atomic mass is 10.0. The molecule has 2 heterocycles. The molecule has 0 radical (unpaired) electrons. The first-order valence-corrected chi connectivity index (χ1v) is 8.04. The van der Waals surface area contributed by atoms with Crippen molar-refractivity contribution in [3.8, 4) is 0 Å². The van der Waals surface area contributed by atoms with E-state index in [1.54, 1.807) is 0 Å². The number of rotatable bonds is 4. The second kappa shape index (κ2) is 6.70. The predicted molar refractivity (Wildman–Crippen MR) is 83.9 cm³/mol. The van der Waals surface area contributed by atoms with Crippen molar-refractivity contribution in [1.29, 1.82) is 0 Å². The minimum Gasteiger partial charge on any atom is -0.314 e. The van der Waals surface area contributed by atoms with Crippen LogP contribution < -0.4 is 5.32 Å². The second-order valence-corrected chi connectivity index (χ2v) is 6.31. The highest BCUT2D eigenvalue weighted by Crippen LogP contribution is 2.25. The van der Waals surface area contributed by atoms with Crippen molar-refractivity contribution >= 4 is 0 Å². The number of nitrogens with zero attached hydrogens (tertiary/aromatic N) is 2. The lowest BCUT2D eigenvalue weighted by Crippen LogP contribution is -2.47. The molecule has 0 spiro atoms. The maximum absolute atomic E-state index is 3.62. The van der Waals surface area contributed by atoms with Gasteiger partial charge in [0.05, 0.1) is 0 Å². The maximum atomic E-state index is 3.62. The fraction of sp³-hybridized carbons (Fsp3) is 0.647. The highest BCUT2D eigenvalue weighted by atomic mass is 15.3. The fourth-order valence-electron chi connectivity index (χ4n) is 3.54. The van der Waals surface area contributed by atoms with Gasteiger partial charge in [0.2, 0.25) is 0 Å². The molecule has 2 unspecified atom stereocenters. The van der Waals surface area contributed by atoms with E-state index in [9.17, 15) is 0 Å². The van der Waals surface area contributed by atoms with Crippen molar-refractivity contribution in [1.82, 2.24) is 15.1 Å². The molecule has 3 heteroatoms. The smallest absolute Gasteiger partial charge is 0.0475 e. The SMILES string of the molecule is CN1CCN(CCC2CCCN2)C(c2ccccc2)C1. The summed E-state index contributed by atoms with van der Waals surface area (Å²) in [6.07, 6.45) is 4.02. The number of nitrogens with one attached hydrogen (secondary N) is 1. The molecule has 20 heavy (non-hydrogen) atoms. The molecular weight excluding hydrogens is 246 g/mol. The van der Waals surface area contributed by atoms with Gasteiger partial charge >= 0.3 is 0 Å². The minimum absolute atomic E-state index is 0.566. The van der Waals surface area contributed by atoms with E-state index in [1.165, 1.54) is 51.0 Å². The van der Waals surface area contributed by atoms with Gasteiger partial charge in [0.25, 0.3) is 0 Å². The Morgan fingerprint density at radius 1 is 1.20 bits per heavy atom. The van der Waals surface area contributed by atoms with Gasteiger partial charge in [-0.05, 0) is 38.4 Å². The van der Waals surface area contributed by atoms with Gasteiger partial charge in [0, 0.05) is 38.3 Å². The summed E-state index contributed by atoms with van der Waals surface area (Å²) in [6, 6.07) is 12.3. The highest BCUT2D eigenvalue weighted by molar-refractivity contribution is 5.20. The average molecular weight is 273 g/mol. The molecule has 1 aromatic rings. The average Bonchev–Trinajstić information content (AvgIpc) is 3.00. The number of benzene rings is 1. The maximum Gasteiger partial charge on any atom is 0.0475 e. The molecule has 3 rings (SSSR count). The van der Waals surface area contributed by atoms with Gasteiger partial charge in [-0.25, -0.2) is 0 Å². The van der Waals surface area contributed by atoms with Crippen molar-refractivity contribution in [3.63, 3.8) is 0 Å². The first-order chi connectivity index (χ1) is 9.83. The lowest BCUT2D eigenvalue weighted by molar-refractivity contribution is 0.0865. The van der Waals surface area contributed by atoms with Crippen molar-refractivity contribution in [2.24, 2.45) is 0 Å². The molecule has 110 valence electrons. The summed E-state index contributed by atoms with van der Waals surface area (Å²) in [6.45, 7) is 5.99. The monoisotopic (exact) mass is 273 g/mol. The van der Waals surface area contributed by atoms with Crippen molar-refractivity contribution in [2.45, 2.75) is 31.3 Å². The van der Waals surface area contributed by atoms with Gasteiger partial charge in [0.15, 0.2) is 0 Å². The Balaban J connectivity index is 1.63. The summed E-state index contributed by atoms with van der Waals surface area (Å²) in [5.41, 5.74) is 1.47. The second-order valence-electron chi connectivity index (χ2n) is 6.31.